The lowest BCUT2D eigenvalue weighted by atomic mass is 10.2. The van der Waals surface area contributed by atoms with Crippen molar-refractivity contribution in [1.82, 2.24) is 9.55 Å². The molecule has 0 aliphatic heterocycles. The fourth-order valence-corrected chi connectivity index (χ4v) is 2.37. The van der Waals surface area contributed by atoms with Crippen molar-refractivity contribution in [1.29, 1.82) is 5.26 Å². The molecule has 0 N–H and O–H groups in total. The maximum atomic E-state index is 13.3. The van der Waals surface area contributed by atoms with E-state index in [1.807, 2.05) is 10.6 Å². The average molecular weight is 286 g/mol. The van der Waals surface area contributed by atoms with Gasteiger partial charge in [-0.15, -0.1) is 11.6 Å². The Balaban J connectivity index is 2.31. The van der Waals surface area contributed by atoms with Crippen LogP contribution in [0.3, 0.4) is 0 Å². The molecule has 0 fully saturated rings. The summed E-state index contributed by atoms with van der Waals surface area (Å²) in [7, 11) is 0. The molecule has 0 saturated carbocycles. The molecule has 98 valence electrons. The van der Waals surface area contributed by atoms with Crippen LogP contribution in [0.25, 0.3) is 16.7 Å². The molecule has 3 rings (SSSR count). The van der Waals surface area contributed by atoms with Crippen molar-refractivity contribution in [3.63, 3.8) is 0 Å². The van der Waals surface area contributed by atoms with Crippen molar-refractivity contribution in [2.75, 3.05) is 0 Å². The van der Waals surface area contributed by atoms with Gasteiger partial charge in [0.15, 0.2) is 0 Å². The first-order chi connectivity index (χ1) is 9.72. The molecular weight excluding hydrogens is 277 g/mol. The Morgan fingerprint density at radius 3 is 2.85 bits per heavy atom. The van der Waals surface area contributed by atoms with Crippen LogP contribution in [0, 0.1) is 17.1 Å². The average Bonchev–Trinajstić information content (AvgIpc) is 2.84. The van der Waals surface area contributed by atoms with E-state index in [-0.39, 0.29) is 11.7 Å². The zero-order valence-electron chi connectivity index (χ0n) is 10.3. The molecular formula is C15H9ClFN3. The summed E-state index contributed by atoms with van der Waals surface area (Å²) in [6, 6.07) is 13.6. The SMILES string of the molecule is N#Cc1cccc(-n2c(CCl)nc3cc(F)ccc32)c1. The summed E-state index contributed by atoms with van der Waals surface area (Å²) in [5.41, 5.74) is 2.64. The zero-order chi connectivity index (χ0) is 14.1. The van der Waals surface area contributed by atoms with E-state index < -0.39 is 0 Å². The van der Waals surface area contributed by atoms with Crippen molar-refractivity contribution in [2.24, 2.45) is 0 Å². The lowest BCUT2D eigenvalue weighted by Crippen LogP contribution is -1.99. The minimum absolute atomic E-state index is 0.201. The Kier molecular flexibility index (Phi) is 3.13. The van der Waals surface area contributed by atoms with Gasteiger partial charge in [0.05, 0.1) is 28.5 Å². The molecule has 0 amide bonds. The molecule has 2 aromatic carbocycles. The van der Waals surface area contributed by atoms with E-state index in [9.17, 15) is 4.39 Å². The summed E-state index contributed by atoms with van der Waals surface area (Å²) in [5, 5.41) is 8.99. The molecule has 1 aromatic heterocycles. The van der Waals surface area contributed by atoms with Crippen LogP contribution in [0.2, 0.25) is 0 Å². The quantitative estimate of drug-likeness (QED) is 0.673. The summed E-state index contributed by atoms with van der Waals surface area (Å²) in [6.07, 6.45) is 0. The number of nitriles is 1. The highest BCUT2D eigenvalue weighted by Crippen LogP contribution is 2.23. The second-order valence-corrected chi connectivity index (χ2v) is 4.56. The Morgan fingerprint density at radius 1 is 1.25 bits per heavy atom. The van der Waals surface area contributed by atoms with Crippen LogP contribution in [0.5, 0.6) is 0 Å². The maximum Gasteiger partial charge on any atom is 0.129 e. The van der Waals surface area contributed by atoms with Crippen molar-refractivity contribution in [3.05, 3.63) is 59.7 Å². The van der Waals surface area contributed by atoms with E-state index >= 15 is 0 Å². The smallest absolute Gasteiger partial charge is 0.129 e. The predicted octanol–water partition coefficient (Wildman–Crippen LogP) is 3.78. The molecule has 0 aliphatic rings. The van der Waals surface area contributed by atoms with Gasteiger partial charge in [0.1, 0.15) is 11.6 Å². The lowest BCUT2D eigenvalue weighted by Gasteiger charge is -2.07. The van der Waals surface area contributed by atoms with Crippen LogP contribution in [0.4, 0.5) is 4.39 Å². The Bertz CT molecular complexity index is 833. The topological polar surface area (TPSA) is 41.6 Å². The van der Waals surface area contributed by atoms with Crippen molar-refractivity contribution >= 4 is 22.6 Å². The number of hydrogen-bond donors (Lipinski definition) is 0. The van der Waals surface area contributed by atoms with E-state index in [1.165, 1.54) is 12.1 Å². The molecule has 5 heteroatoms. The number of rotatable bonds is 2. The lowest BCUT2D eigenvalue weighted by molar-refractivity contribution is 0.629. The molecule has 1 heterocycles. The molecule has 0 atom stereocenters. The summed E-state index contributed by atoms with van der Waals surface area (Å²) < 4.78 is 15.1. The second kappa shape index (κ2) is 4.95. The van der Waals surface area contributed by atoms with E-state index in [4.69, 9.17) is 16.9 Å². The maximum absolute atomic E-state index is 13.3. The fourth-order valence-electron chi connectivity index (χ4n) is 2.20. The Labute approximate surface area is 119 Å². The summed E-state index contributed by atoms with van der Waals surface area (Å²) >= 11 is 5.92. The zero-order valence-corrected chi connectivity index (χ0v) is 11.1. The van der Waals surface area contributed by atoms with E-state index in [0.717, 1.165) is 11.2 Å². The highest BCUT2D eigenvalue weighted by molar-refractivity contribution is 6.17. The Morgan fingerprint density at radius 2 is 2.10 bits per heavy atom. The van der Waals surface area contributed by atoms with Crippen LogP contribution in [-0.4, -0.2) is 9.55 Å². The van der Waals surface area contributed by atoms with Crippen molar-refractivity contribution in [2.45, 2.75) is 5.88 Å². The van der Waals surface area contributed by atoms with Gasteiger partial charge in [0.25, 0.3) is 0 Å². The summed E-state index contributed by atoms with van der Waals surface area (Å²) in [6.45, 7) is 0. The van der Waals surface area contributed by atoms with Gasteiger partial charge in [-0.25, -0.2) is 9.37 Å². The molecule has 0 bridgehead atoms. The van der Waals surface area contributed by atoms with E-state index in [1.54, 1.807) is 24.3 Å². The van der Waals surface area contributed by atoms with Gasteiger partial charge >= 0.3 is 0 Å². The highest BCUT2D eigenvalue weighted by Gasteiger charge is 2.12. The van der Waals surface area contributed by atoms with Crippen molar-refractivity contribution < 1.29 is 4.39 Å². The fraction of sp³-hybridized carbons (Fsp3) is 0.0667. The molecule has 0 aliphatic carbocycles. The number of imidazole rings is 1. The van der Waals surface area contributed by atoms with Crippen LogP contribution in [-0.2, 0) is 5.88 Å². The molecule has 0 saturated heterocycles. The standard InChI is InChI=1S/C15H9ClFN3/c16-8-15-19-13-7-11(17)4-5-14(13)20(15)12-3-1-2-10(6-12)9-18/h1-7H,8H2. The summed E-state index contributed by atoms with van der Waals surface area (Å²) in [4.78, 5) is 4.33. The van der Waals surface area contributed by atoms with Gasteiger partial charge in [-0.2, -0.15) is 5.26 Å². The molecule has 0 spiro atoms. The number of benzene rings is 2. The van der Waals surface area contributed by atoms with E-state index in [0.29, 0.717) is 16.9 Å². The molecule has 0 radical (unpaired) electrons. The minimum Gasteiger partial charge on any atom is -0.295 e. The minimum atomic E-state index is -0.339. The first kappa shape index (κ1) is 12.6. The highest BCUT2D eigenvalue weighted by atomic mass is 35.5. The van der Waals surface area contributed by atoms with Crippen LogP contribution in [0.15, 0.2) is 42.5 Å². The number of alkyl halides is 1. The summed E-state index contributed by atoms with van der Waals surface area (Å²) in [5.74, 6) is 0.476. The third kappa shape index (κ3) is 2.02. The van der Waals surface area contributed by atoms with Gasteiger partial charge < -0.3 is 0 Å². The normalized spacial score (nSPS) is 10.7. The third-order valence-corrected chi connectivity index (χ3v) is 3.28. The van der Waals surface area contributed by atoms with Crippen LogP contribution >= 0.6 is 11.6 Å². The monoisotopic (exact) mass is 285 g/mol. The van der Waals surface area contributed by atoms with Gasteiger partial charge in [0, 0.05) is 11.8 Å². The van der Waals surface area contributed by atoms with Crippen LogP contribution in [0.1, 0.15) is 11.4 Å². The number of halogens is 2. The van der Waals surface area contributed by atoms with Gasteiger partial charge in [-0.3, -0.25) is 4.57 Å². The van der Waals surface area contributed by atoms with Crippen molar-refractivity contribution in [3.8, 4) is 11.8 Å². The molecule has 3 aromatic rings. The first-order valence-electron chi connectivity index (χ1n) is 5.96. The van der Waals surface area contributed by atoms with Gasteiger partial charge in [-0.1, -0.05) is 6.07 Å². The number of hydrogen-bond acceptors (Lipinski definition) is 2. The molecule has 0 unspecified atom stereocenters. The van der Waals surface area contributed by atoms with Gasteiger partial charge in [-0.05, 0) is 30.3 Å². The number of nitrogens with zero attached hydrogens (tertiary/aromatic N) is 3. The van der Waals surface area contributed by atoms with Crippen LogP contribution < -0.4 is 0 Å². The van der Waals surface area contributed by atoms with E-state index in [2.05, 4.69) is 11.1 Å². The number of aromatic nitrogens is 2. The molecule has 20 heavy (non-hydrogen) atoms. The molecule has 3 nitrogen and oxygen atoms in total. The largest absolute Gasteiger partial charge is 0.295 e. The first-order valence-corrected chi connectivity index (χ1v) is 6.50. The number of fused-ring (bicyclic) bond motifs is 1. The predicted molar refractivity (Wildman–Crippen MR) is 75.3 cm³/mol. The van der Waals surface area contributed by atoms with Gasteiger partial charge in [0.2, 0.25) is 0 Å². The Hall–Kier alpha value is -2.38. The third-order valence-electron chi connectivity index (χ3n) is 3.04. The second-order valence-electron chi connectivity index (χ2n) is 4.29.